The third kappa shape index (κ3) is 4.15. The van der Waals surface area contributed by atoms with Crippen LogP contribution in [-0.2, 0) is 22.8 Å². The lowest BCUT2D eigenvalue weighted by Gasteiger charge is -2.36. The average Bonchev–Trinajstić information content (AvgIpc) is 3.63. The first-order valence-electron chi connectivity index (χ1n) is 12.7. The van der Waals surface area contributed by atoms with Gasteiger partial charge in [-0.1, -0.05) is 0 Å². The van der Waals surface area contributed by atoms with E-state index in [2.05, 4.69) is 4.90 Å². The van der Waals surface area contributed by atoms with Gasteiger partial charge in [-0.25, -0.2) is 17.6 Å². The molecule has 2 aliphatic heterocycles. The number of hydrogen-bond acceptors (Lipinski definition) is 8. The van der Waals surface area contributed by atoms with Gasteiger partial charge in [0, 0.05) is 44.0 Å². The van der Waals surface area contributed by atoms with Gasteiger partial charge in [0.25, 0.3) is 0 Å². The van der Waals surface area contributed by atoms with Gasteiger partial charge in [-0.3, -0.25) is 9.69 Å². The summed E-state index contributed by atoms with van der Waals surface area (Å²) in [7, 11) is -1.93. The lowest BCUT2D eigenvalue weighted by molar-refractivity contribution is 0.0694. The number of aryl methyl sites for hydroxylation is 1. The average molecular weight is 546 g/mol. The predicted octanol–water partition coefficient (Wildman–Crippen LogP) is 2.82. The van der Waals surface area contributed by atoms with Crippen LogP contribution in [0.4, 0.5) is 10.1 Å². The number of nitrogens with zero attached hydrogens (tertiary/aromatic N) is 3. The van der Waals surface area contributed by atoms with Crippen LogP contribution in [0, 0.1) is 5.82 Å². The molecule has 10 nitrogen and oxygen atoms in total. The maximum Gasteiger partial charge on any atom is 0.341 e. The number of ether oxygens (including phenoxy) is 1. The van der Waals surface area contributed by atoms with Crippen LogP contribution in [-0.4, -0.2) is 68.0 Å². The van der Waals surface area contributed by atoms with Crippen LogP contribution in [0.25, 0.3) is 10.9 Å². The number of furan rings is 1. The number of methoxy groups -OCH3 is 1. The highest BCUT2D eigenvalue weighted by atomic mass is 32.2. The first-order chi connectivity index (χ1) is 18.2. The molecule has 0 bridgehead atoms. The summed E-state index contributed by atoms with van der Waals surface area (Å²) < 4.78 is 53.3. The molecule has 2 aromatic heterocycles. The van der Waals surface area contributed by atoms with Crippen LogP contribution in [0.15, 0.2) is 32.6 Å². The fourth-order valence-electron chi connectivity index (χ4n) is 5.60. The van der Waals surface area contributed by atoms with Crippen LogP contribution < -0.4 is 15.1 Å². The molecule has 38 heavy (non-hydrogen) atoms. The van der Waals surface area contributed by atoms with Gasteiger partial charge >= 0.3 is 5.97 Å². The summed E-state index contributed by atoms with van der Waals surface area (Å²) in [5.74, 6) is -1.06. The highest BCUT2D eigenvalue weighted by Crippen LogP contribution is 2.44. The number of carboxylic acids is 1. The van der Waals surface area contributed by atoms with Gasteiger partial charge < -0.3 is 23.7 Å². The van der Waals surface area contributed by atoms with Crippen molar-refractivity contribution in [1.29, 1.82) is 0 Å². The van der Waals surface area contributed by atoms with Gasteiger partial charge in [0.15, 0.2) is 11.6 Å². The lowest BCUT2D eigenvalue weighted by atomic mass is 10.1. The zero-order chi connectivity index (χ0) is 26.8. The summed E-state index contributed by atoms with van der Waals surface area (Å²) in [5.41, 5.74) is 0.267. The molecule has 0 radical (unpaired) electrons. The Kier molecular flexibility index (Phi) is 5.98. The molecule has 0 unspecified atom stereocenters. The molecule has 6 rings (SSSR count). The third-order valence-corrected chi connectivity index (χ3v) is 9.34. The van der Waals surface area contributed by atoms with Gasteiger partial charge in [-0.2, -0.15) is 0 Å². The van der Waals surface area contributed by atoms with Crippen LogP contribution in [0.1, 0.15) is 47.0 Å². The Morgan fingerprint density at radius 1 is 1.21 bits per heavy atom. The molecule has 1 saturated carbocycles. The van der Waals surface area contributed by atoms with Gasteiger partial charge in [0.1, 0.15) is 17.0 Å². The standard InChI is InChI=1S/C26H28FN3O7S/c1-36-24-21-18(23(31)19(25(32)33)14-30(21)16-4-5-16)12-20(27)22(24)29-8-6-28(7-9-29)13-17-11-15-3-2-10-38(34,35)26(15)37-17/h11-12,14,16H,2-10,13H2,1H3,(H,32,33). The van der Waals surface area contributed by atoms with Crippen LogP contribution in [0.5, 0.6) is 5.75 Å². The van der Waals surface area contributed by atoms with Crippen LogP contribution >= 0.6 is 0 Å². The van der Waals surface area contributed by atoms with Crippen molar-refractivity contribution < 1.29 is 31.9 Å². The number of carbonyl (C=O) groups is 1. The van der Waals surface area contributed by atoms with Crippen molar-refractivity contribution in [1.82, 2.24) is 9.47 Å². The minimum atomic E-state index is -3.36. The summed E-state index contributed by atoms with van der Waals surface area (Å²) in [6.07, 6.45) is 4.30. The van der Waals surface area contributed by atoms with Gasteiger partial charge in [-0.05, 0) is 37.8 Å². The molecule has 0 atom stereocenters. The Balaban J connectivity index is 1.29. The SMILES string of the molecule is COc1c(N2CCN(Cc3cc4c(o3)S(=O)(=O)CCC4)CC2)c(F)cc2c(=O)c(C(=O)O)cn(C3CC3)c12. The quantitative estimate of drug-likeness (QED) is 0.498. The van der Waals surface area contributed by atoms with E-state index in [9.17, 15) is 23.1 Å². The first kappa shape index (κ1) is 24.9. The third-order valence-electron chi connectivity index (χ3n) is 7.60. The minimum absolute atomic E-state index is 0.00901. The van der Waals surface area contributed by atoms with Crippen molar-refractivity contribution in [3.63, 3.8) is 0 Å². The number of sulfone groups is 1. The summed E-state index contributed by atoms with van der Waals surface area (Å²) >= 11 is 0. The molecule has 0 amide bonds. The van der Waals surface area contributed by atoms with Gasteiger partial charge in [-0.15, -0.1) is 0 Å². The monoisotopic (exact) mass is 545 g/mol. The van der Waals surface area contributed by atoms with E-state index in [4.69, 9.17) is 9.15 Å². The van der Waals surface area contributed by atoms with Gasteiger partial charge in [0.2, 0.25) is 20.4 Å². The van der Waals surface area contributed by atoms with Crippen molar-refractivity contribution in [2.75, 3.05) is 43.9 Å². The normalized spacial score (nSPS) is 19.5. The molecular weight excluding hydrogens is 517 g/mol. The van der Waals surface area contributed by atoms with E-state index >= 15 is 4.39 Å². The van der Waals surface area contributed by atoms with E-state index in [0.29, 0.717) is 56.8 Å². The first-order valence-corrected chi connectivity index (χ1v) is 14.3. The number of benzene rings is 1. The number of aromatic nitrogens is 1. The second-order valence-electron chi connectivity index (χ2n) is 10.2. The number of halogens is 1. The van der Waals surface area contributed by atoms with E-state index in [-0.39, 0.29) is 39.3 Å². The second-order valence-corrected chi connectivity index (χ2v) is 12.2. The zero-order valence-electron chi connectivity index (χ0n) is 20.9. The number of rotatable bonds is 6. The van der Waals surface area contributed by atoms with Crippen molar-refractivity contribution in [3.05, 3.63) is 51.3 Å². The molecule has 3 aromatic rings. The minimum Gasteiger partial charge on any atom is -0.492 e. The van der Waals surface area contributed by atoms with Crippen molar-refractivity contribution >= 4 is 32.4 Å². The zero-order valence-corrected chi connectivity index (χ0v) is 21.7. The summed E-state index contributed by atoms with van der Waals surface area (Å²) in [6, 6.07) is 2.98. The topological polar surface area (TPSA) is 122 Å². The molecule has 1 saturated heterocycles. The van der Waals surface area contributed by atoms with Crippen molar-refractivity contribution in [3.8, 4) is 5.75 Å². The van der Waals surface area contributed by atoms with Crippen molar-refractivity contribution in [2.24, 2.45) is 0 Å². The molecule has 2 fully saturated rings. The van der Waals surface area contributed by atoms with Crippen molar-refractivity contribution in [2.45, 2.75) is 43.4 Å². The molecule has 3 aliphatic rings. The Labute approximate surface area is 218 Å². The summed E-state index contributed by atoms with van der Waals surface area (Å²) in [4.78, 5) is 28.6. The number of pyridine rings is 1. The highest BCUT2D eigenvalue weighted by Gasteiger charge is 2.33. The Bertz CT molecular complexity index is 1620. The van der Waals surface area contributed by atoms with E-state index in [1.807, 2.05) is 11.0 Å². The van der Waals surface area contributed by atoms with E-state index in [1.54, 1.807) is 4.57 Å². The second kappa shape index (κ2) is 9.12. The predicted molar refractivity (Wildman–Crippen MR) is 137 cm³/mol. The highest BCUT2D eigenvalue weighted by molar-refractivity contribution is 7.91. The molecule has 1 aromatic carbocycles. The number of anilines is 1. The molecular formula is C26H28FN3O7S. The van der Waals surface area contributed by atoms with Gasteiger partial charge in [0.05, 0.1) is 30.3 Å². The summed E-state index contributed by atoms with van der Waals surface area (Å²) in [5, 5.41) is 9.60. The molecule has 202 valence electrons. The Morgan fingerprint density at radius 3 is 2.58 bits per heavy atom. The van der Waals surface area contributed by atoms with E-state index in [0.717, 1.165) is 24.5 Å². The molecule has 1 N–H and O–H groups in total. The fourth-order valence-corrected chi connectivity index (χ4v) is 7.11. The Morgan fingerprint density at radius 2 is 1.95 bits per heavy atom. The lowest BCUT2D eigenvalue weighted by Crippen LogP contribution is -2.46. The summed E-state index contributed by atoms with van der Waals surface area (Å²) in [6.45, 7) is 2.54. The molecule has 12 heteroatoms. The number of aromatic carboxylic acids is 1. The van der Waals surface area contributed by atoms with Crippen LogP contribution in [0.3, 0.4) is 0 Å². The largest absolute Gasteiger partial charge is 0.492 e. The smallest absolute Gasteiger partial charge is 0.341 e. The number of carboxylic acid groups (broad SMARTS) is 1. The molecule has 4 heterocycles. The maximum absolute atomic E-state index is 15.6. The molecule has 0 spiro atoms. The number of piperazine rings is 1. The van der Waals surface area contributed by atoms with E-state index in [1.165, 1.54) is 13.3 Å². The number of fused-ring (bicyclic) bond motifs is 2. The Hall–Kier alpha value is -3.38. The van der Waals surface area contributed by atoms with E-state index < -0.39 is 27.1 Å². The maximum atomic E-state index is 15.6. The van der Waals surface area contributed by atoms with Crippen LogP contribution in [0.2, 0.25) is 0 Å². The fraction of sp³-hybridized carbons (Fsp3) is 0.462. The number of hydrogen-bond donors (Lipinski definition) is 1. The molecule has 1 aliphatic carbocycles.